The molecule has 1 aliphatic heterocycles. The number of aromatic nitrogens is 1. The molecule has 3 aromatic rings. The van der Waals surface area contributed by atoms with E-state index in [1.807, 2.05) is 65.6 Å². The van der Waals surface area contributed by atoms with Crippen molar-refractivity contribution in [1.82, 2.24) is 9.88 Å². The minimum absolute atomic E-state index is 0.0974. The molecule has 0 spiro atoms. The average Bonchev–Trinajstić information content (AvgIpc) is 3.04. The standard InChI is InChI=1S/C21H20N2O3/c24-21-20-18(12-7-13-23(21)14-16-8-3-1-4-9-16)22-19(26-20)15-25-17-10-5-2-6-11-17/h1-6,8-11H,7,12-15H2. The molecule has 1 aliphatic rings. The molecule has 4 rings (SSSR count). The molecule has 2 heterocycles. The van der Waals surface area contributed by atoms with Gasteiger partial charge in [0.1, 0.15) is 5.75 Å². The summed E-state index contributed by atoms with van der Waals surface area (Å²) in [4.78, 5) is 19.2. The third-order valence-corrected chi connectivity index (χ3v) is 4.39. The molecule has 5 nitrogen and oxygen atoms in total. The van der Waals surface area contributed by atoms with E-state index in [1.54, 1.807) is 0 Å². The number of amides is 1. The molecule has 0 unspecified atom stereocenters. The van der Waals surface area contributed by atoms with Gasteiger partial charge in [0.25, 0.3) is 5.91 Å². The number of nitrogens with zero attached hydrogens (tertiary/aromatic N) is 2. The molecule has 5 heteroatoms. The second kappa shape index (κ2) is 7.44. The van der Waals surface area contributed by atoms with Crippen molar-refractivity contribution in [3.63, 3.8) is 0 Å². The zero-order chi connectivity index (χ0) is 17.8. The number of ether oxygens (including phenoxy) is 1. The molecule has 0 atom stereocenters. The maximum atomic E-state index is 12.9. The molecule has 0 N–H and O–H groups in total. The summed E-state index contributed by atoms with van der Waals surface area (Å²) in [5.74, 6) is 1.44. The van der Waals surface area contributed by atoms with Gasteiger partial charge in [-0.1, -0.05) is 48.5 Å². The Hall–Kier alpha value is -3.08. The Morgan fingerprint density at radius 2 is 1.77 bits per heavy atom. The highest BCUT2D eigenvalue weighted by atomic mass is 16.5. The molecular formula is C21H20N2O3. The molecule has 0 saturated heterocycles. The van der Waals surface area contributed by atoms with Gasteiger partial charge in [-0.3, -0.25) is 4.79 Å². The zero-order valence-corrected chi connectivity index (χ0v) is 14.4. The number of aryl methyl sites for hydroxylation is 1. The van der Waals surface area contributed by atoms with Crippen molar-refractivity contribution in [3.05, 3.63) is 83.6 Å². The Morgan fingerprint density at radius 3 is 2.54 bits per heavy atom. The number of para-hydroxylation sites is 1. The maximum Gasteiger partial charge on any atom is 0.291 e. The molecule has 0 radical (unpaired) electrons. The van der Waals surface area contributed by atoms with E-state index in [9.17, 15) is 4.79 Å². The van der Waals surface area contributed by atoms with Crippen LogP contribution in [0, 0.1) is 0 Å². The van der Waals surface area contributed by atoms with Gasteiger partial charge in [0.05, 0.1) is 5.69 Å². The summed E-state index contributed by atoms with van der Waals surface area (Å²) in [6.07, 6.45) is 1.61. The van der Waals surface area contributed by atoms with Crippen molar-refractivity contribution in [3.8, 4) is 5.75 Å². The fourth-order valence-electron chi connectivity index (χ4n) is 3.10. The molecule has 0 bridgehead atoms. The lowest BCUT2D eigenvalue weighted by Gasteiger charge is -2.19. The van der Waals surface area contributed by atoms with Crippen molar-refractivity contribution < 1.29 is 13.9 Å². The Bertz CT molecular complexity index is 875. The first kappa shape index (κ1) is 16.4. The van der Waals surface area contributed by atoms with Gasteiger partial charge in [-0.25, -0.2) is 4.98 Å². The molecule has 0 aliphatic carbocycles. The summed E-state index contributed by atoms with van der Waals surface area (Å²) in [5.41, 5.74) is 1.84. The van der Waals surface area contributed by atoms with Crippen LogP contribution in [0.3, 0.4) is 0 Å². The van der Waals surface area contributed by atoms with E-state index < -0.39 is 0 Å². The second-order valence-corrected chi connectivity index (χ2v) is 6.30. The highest BCUT2D eigenvalue weighted by molar-refractivity contribution is 5.92. The highest BCUT2D eigenvalue weighted by Gasteiger charge is 2.28. The Labute approximate surface area is 152 Å². The molecule has 2 aromatic carbocycles. The fraction of sp³-hybridized carbons (Fsp3) is 0.238. The van der Waals surface area contributed by atoms with Crippen LogP contribution in [0.5, 0.6) is 5.75 Å². The van der Waals surface area contributed by atoms with Crippen LogP contribution in [0.15, 0.2) is 65.1 Å². The van der Waals surface area contributed by atoms with Crippen LogP contribution in [0.1, 0.15) is 34.1 Å². The summed E-state index contributed by atoms with van der Waals surface area (Å²) in [7, 11) is 0. The number of hydrogen-bond donors (Lipinski definition) is 0. The van der Waals surface area contributed by atoms with E-state index in [1.165, 1.54) is 0 Å². The molecule has 26 heavy (non-hydrogen) atoms. The normalized spacial score (nSPS) is 14.0. The molecule has 132 valence electrons. The summed E-state index contributed by atoms with van der Waals surface area (Å²) in [6.45, 7) is 1.49. The van der Waals surface area contributed by atoms with Crippen molar-refractivity contribution in [2.75, 3.05) is 6.54 Å². The van der Waals surface area contributed by atoms with Crippen molar-refractivity contribution in [1.29, 1.82) is 0 Å². The molecule has 1 aromatic heterocycles. The van der Waals surface area contributed by atoms with Crippen LogP contribution < -0.4 is 4.74 Å². The number of hydrogen-bond acceptors (Lipinski definition) is 4. The van der Waals surface area contributed by atoms with E-state index in [-0.39, 0.29) is 12.5 Å². The Kier molecular flexibility index (Phi) is 4.69. The third kappa shape index (κ3) is 3.61. The smallest absolute Gasteiger partial charge is 0.291 e. The maximum absolute atomic E-state index is 12.9. The fourth-order valence-corrected chi connectivity index (χ4v) is 3.10. The van der Waals surface area contributed by atoms with Gasteiger partial charge in [-0.05, 0) is 30.5 Å². The lowest BCUT2D eigenvalue weighted by Crippen LogP contribution is -2.30. The van der Waals surface area contributed by atoms with Gasteiger partial charge in [0, 0.05) is 13.1 Å². The first-order chi connectivity index (χ1) is 12.8. The van der Waals surface area contributed by atoms with Crippen molar-refractivity contribution >= 4 is 5.91 Å². The minimum Gasteiger partial charge on any atom is -0.484 e. The van der Waals surface area contributed by atoms with Crippen LogP contribution in [0.4, 0.5) is 0 Å². The summed E-state index contributed by atoms with van der Waals surface area (Å²) in [5, 5.41) is 0. The monoisotopic (exact) mass is 348 g/mol. The van der Waals surface area contributed by atoms with Gasteiger partial charge < -0.3 is 14.1 Å². The van der Waals surface area contributed by atoms with Crippen LogP contribution in [0.2, 0.25) is 0 Å². The molecule has 0 saturated carbocycles. The predicted octanol–water partition coefficient (Wildman–Crippen LogP) is 3.84. The molecule has 1 amide bonds. The van der Waals surface area contributed by atoms with Crippen molar-refractivity contribution in [2.45, 2.75) is 26.0 Å². The van der Waals surface area contributed by atoms with Crippen LogP contribution in [-0.4, -0.2) is 22.3 Å². The summed E-state index contributed by atoms with van der Waals surface area (Å²) >= 11 is 0. The number of carbonyl (C=O) groups is 1. The largest absolute Gasteiger partial charge is 0.484 e. The summed E-state index contributed by atoms with van der Waals surface area (Å²) in [6, 6.07) is 19.5. The van der Waals surface area contributed by atoms with Crippen LogP contribution in [-0.2, 0) is 19.6 Å². The average molecular weight is 348 g/mol. The number of fused-ring (bicyclic) bond motifs is 1. The number of carbonyl (C=O) groups excluding carboxylic acids is 1. The predicted molar refractivity (Wildman–Crippen MR) is 96.8 cm³/mol. The Balaban J connectivity index is 1.48. The van der Waals surface area contributed by atoms with Crippen LogP contribution in [0.25, 0.3) is 0 Å². The SMILES string of the molecule is O=C1c2oc(COc3ccccc3)nc2CCCN1Cc1ccccc1. The van der Waals surface area contributed by atoms with E-state index >= 15 is 0 Å². The van der Waals surface area contributed by atoms with Gasteiger partial charge >= 0.3 is 0 Å². The Morgan fingerprint density at radius 1 is 1.04 bits per heavy atom. The second-order valence-electron chi connectivity index (χ2n) is 6.30. The number of benzene rings is 2. The van der Waals surface area contributed by atoms with Crippen LogP contribution >= 0.6 is 0 Å². The van der Waals surface area contributed by atoms with Gasteiger partial charge in [0.15, 0.2) is 6.61 Å². The van der Waals surface area contributed by atoms with E-state index in [2.05, 4.69) is 4.98 Å². The van der Waals surface area contributed by atoms with Gasteiger partial charge in [-0.15, -0.1) is 0 Å². The van der Waals surface area contributed by atoms with E-state index in [0.717, 1.165) is 29.8 Å². The first-order valence-electron chi connectivity index (χ1n) is 8.79. The molecular weight excluding hydrogens is 328 g/mol. The van der Waals surface area contributed by atoms with E-state index in [4.69, 9.17) is 9.15 Å². The highest BCUT2D eigenvalue weighted by Crippen LogP contribution is 2.22. The molecule has 0 fully saturated rings. The topological polar surface area (TPSA) is 55.6 Å². The number of oxazole rings is 1. The van der Waals surface area contributed by atoms with Gasteiger partial charge in [0.2, 0.25) is 11.7 Å². The minimum atomic E-state index is -0.0974. The lowest BCUT2D eigenvalue weighted by atomic mass is 10.2. The lowest BCUT2D eigenvalue weighted by molar-refractivity contribution is 0.0713. The van der Waals surface area contributed by atoms with Gasteiger partial charge in [-0.2, -0.15) is 0 Å². The zero-order valence-electron chi connectivity index (χ0n) is 14.4. The quantitative estimate of drug-likeness (QED) is 0.703. The number of rotatable bonds is 5. The third-order valence-electron chi connectivity index (χ3n) is 4.39. The first-order valence-corrected chi connectivity index (χ1v) is 8.79. The summed E-state index contributed by atoms with van der Waals surface area (Å²) < 4.78 is 11.4. The van der Waals surface area contributed by atoms with E-state index in [0.29, 0.717) is 24.7 Å². The van der Waals surface area contributed by atoms with Crippen molar-refractivity contribution in [2.24, 2.45) is 0 Å².